The largest absolute Gasteiger partial charge is 0.481 e. The van der Waals surface area contributed by atoms with E-state index < -0.39 is 5.97 Å². The van der Waals surface area contributed by atoms with Gasteiger partial charge in [-0.15, -0.1) is 0 Å². The molecule has 0 saturated carbocycles. The molecule has 126 valence electrons. The Balaban J connectivity index is 1.64. The fourth-order valence-electron chi connectivity index (χ4n) is 3.18. The van der Waals surface area contributed by atoms with Crippen LogP contribution in [0.25, 0.3) is 5.69 Å². The number of amides is 1. The highest BCUT2D eigenvalue weighted by atomic mass is 16.4. The normalized spacial score (nSPS) is 17.7. The van der Waals surface area contributed by atoms with E-state index in [4.69, 9.17) is 5.11 Å². The van der Waals surface area contributed by atoms with Crippen LogP contribution in [-0.4, -0.2) is 44.5 Å². The van der Waals surface area contributed by atoms with Crippen molar-refractivity contribution in [3.8, 4) is 5.69 Å². The Bertz CT molecular complexity index is 695. The molecule has 1 saturated heterocycles. The van der Waals surface area contributed by atoms with E-state index >= 15 is 0 Å². The summed E-state index contributed by atoms with van der Waals surface area (Å²) in [6.07, 6.45) is 8.03. The summed E-state index contributed by atoms with van der Waals surface area (Å²) in [5.74, 6) is -0.468. The van der Waals surface area contributed by atoms with Gasteiger partial charge in [0.2, 0.25) is 0 Å². The molecule has 1 N–H and O–H groups in total. The van der Waals surface area contributed by atoms with Crippen LogP contribution in [0.3, 0.4) is 0 Å². The molecule has 1 aliphatic rings. The molecule has 0 bridgehead atoms. The number of carboxylic acid groups (broad SMARTS) is 1. The molecule has 1 aliphatic heterocycles. The molecule has 1 amide bonds. The summed E-state index contributed by atoms with van der Waals surface area (Å²) < 4.78 is 1.89. The molecule has 1 fully saturated rings. The first-order chi connectivity index (χ1) is 11.6. The van der Waals surface area contributed by atoms with Crippen molar-refractivity contribution in [3.63, 3.8) is 0 Å². The molecule has 1 atom stereocenters. The number of benzene rings is 1. The van der Waals surface area contributed by atoms with Crippen LogP contribution in [0.4, 0.5) is 0 Å². The monoisotopic (exact) mass is 327 g/mol. The zero-order valence-corrected chi connectivity index (χ0v) is 13.5. The van der Waals surface area contributed by atoms with Crippen LogP contribution in [0.2, 0.25) is 0 Å². The standard InChI is InChI=1S/C18H21N3O3/c22-17(23)8-3-14-2-1-10-20(12-14)18(24)15-4-6-16(7-5-15)21-11-9-19-13-21/h4-7,9,11,13-14H,1-3,8,10,12H2,(H,22,23)/t14-/m0/s1. The lowest BCUT2D eigenvalue weighted by Crippen LogP contribution is -2.40. The third-order valence-corrected chi connectivity index (χ3v) is 4.49. The lowest BCUT2D eigenvalue weighted by molar-refractivity contribution is -0.137. The van der Waals surface area contributed by atoms with Gasteiger partial charge in [-0.1, -0.05) is 0 Å². The maximum absolute atomic E-state index is 12.7. The number of carbonyl (C=O) groups is 2. The highest BCUT2D eigenvalue weighted by Crippen LogP contribution is 2.22. The van der Waals surface area contributed by atoms with Gasteiger partial charge in [-0.05, 0) is 49.4 Å². The summed E-state index contributed by atoms with van der Waals surface area (Å²) in [5.41, 5.74) is 1.62. The highest BCUT2D eigenvalue weighted by Gasteiger charge is 2.24. The Morgan fingerprint density at radius 3 is 2.71 bits per heavy atom. The predicted octanol–water partition coefficient (Wildman–Crippen LogP) is 2.59. The first kappa shape index (κ1) is 16.2. The zero-order chi connectivity index (χ0) is 16.9. The van der Waals surface area contributed by atoms with Crippen molar-refractivity contribution in [2.45, 2.75) is 25.7 Å². The van der Waals surface area contributed by atoms with Gasteiger partial charge < -0.3 is 14.6 Å². The first-order valence-corrected chi connectivity index (χ1v) is 8.23. The minimum absolute atomic E-state index is 0.0206. The molecule has 24 heavy (non-hydrogen) atoms. The van der Waals surface area contributed by atoms with Gasteiger partial charge in [0.25, 0.3) is 5.91 Å². The van der Waals surface area contributed by atoms with Crippen molar-refractivity contribution in [2.24, 2.45) is 5.92 Å². The number of aromatic nitrogens is 2. The summed E-state index contributed by atoms with van der Waals surface area (Å²) >= 11 is 0. The van der Waals surface area contributed by atoms with Crippen LogP contribution in [0.15, 0.2) is 43.0 Å². The Morgan fingerprint density at radius 1 is 1.25 bits per heavy atom. The number of carboxylic acids is 1. The molecule has 6 nitrogen and oxygen atoms in total. The van der Waals surface area contributed by atoms with Gasteiger partial charge in [0.05, 0.1) is 6.33 Å². The Kier molecular flexibility index (Phi) is 4.93. The molecular formula is C18H21N3O3. The van der Waals surface area contributed by atoms with E-state index in [2.05, 4.69) is 4.98 Å². The van der Waals surface area contributed by atoms with Crippen molar-refractivity contribution in [1.82, 2.24) is 14.5 Å². The van der Waals surface area contributed by atoms with Gasteiger partial charge in [-0.25, -0.2) is 4.98 Å². The summed E-state index contributed by atoms with van der Waals surface area (Å²) in [6.45, 7) is 1.39. The van der Waals surface area contributed by atoms with Gasteiger partial charge in [0.15, 0.2) is 0 Å². The second-order valence-corrected chi connectivity index (χ2v) is 6.21. The molecule has 2 aromatic rings. The van der Waals surface area contributed by atoms with Crippen LogP contribution in [-0.2, 0) is 4.79 Å². The van der Waals surface area contributed by atoms with Crippen LogP contribution in [0.5, 0.6) is 0 Å². The molecule has 1 aromatic carbocycles. The van der Waals surface area contributed by atoms with E-state index in [-0.39, 0.29) is 18.2 Å². The molecule has 6 heteroatoms. The maximum atomic E-state index is 12.7. The van der Waals surface area contributed by atoms with Crippen molar-refractivity contribution in [1.29, 1.82) is 0 Å². The SMILES string of the molecule is O=C(O)CC[C@@H]1CCCN(C(=O)c2ccc(-n3ccnc3)cc2)C1. The number of nitrogens with zero attached hydrogens (tertiary/aromatic N) is 3. The van der Waals surface area contributed by atoms with Crippen LogP contribution in [0.1, 0.15) is 36.0 Å². The fraction of sp³-hybridized carbons (Fsp3) is 0.389. The van der Waals surface area contributed by atoms with Gasteiger partial charge >= 0.3 is 5.97 Å². The summed E-state index contributed by atoms with van der Waals surface area (Å²) in [4.78, 5) is 29.3. The highest BCUT2D eigenvalue weighted by molar-refractivity contribution is 5.94. The summed E-state index contributed by atoms with van der Waals surface area (Å²) in [6, 6.07) is 7.47. The molecule has 0 radical (unpaired) electrons. The number of aliphatic carboxylic acids is 1. The number of imidazole rings is 1. The van der Waals surface area contributed by atoms with E-state index in [0.29, 0.717) is 18.5 Å². The molecule has 0 aliphatic carbocycles. The van der Waals surface area contributed by atoms with E-state index in [9.17, 15) is 9.59 Å². The van der Waals surface area contributed by atoms with Crippen LogP contribution >= 0.6 is 0 Å². The van der Waals surface area contributed by atoms with Gasteiger partial charge in [-0.3, -0.25) is 9.59 Å². The smallest absolute Gasteiger partial charge is 0.303 e. The molecule has 0 spiro atoms. The summed E-state index contributed by atoms with van der Waals surface area (Å²) in [7, 11) is 0. The molecule has 0 unspecified atom stereocenters. The Morgan fingerprint density at radius 2 is 2.04 bits per heavy atom. The lowest BCUT2D eigenvalue weighted by atomic mass is 9.93. The quantitative estimate of drug-likeness (QED) is 0.916. The number of carbonyl (C=O) groups excluding carboxylic acids is 1. The van der Waals surface area contributed by atoms with Crippen molar-refractivity contribution in [2.75, 3.05) is 13.1 Å². The Hall–Kier alpha value is -2.63. The number of likely N-dealkylation sites (tertiary alicyclic amines) is 1. The molecule has 2 heterocycles. The maximum Gasteiger partial charge on any atom is 0.303 e. The second-order valence-electron chi connectivity index (χ2n) is 6.21. The van der Waals surface area contributed by atoms with Crippen LogP contribution in [0, 0.1) is 5.92 Å². The second kappa shape index (κ2) is 7.29. The molecule has 1 aromatic heterocycles. The number of hydrogen-bond acceptors (Lipinski definition) is 3. The van der Waals surface area contributed by atoms with Crippen LogP contribution < -0.4 is 0 Å². The third kappa shape index (κ3) is 3.82. The fourth-order valence-corrected chi connectivity index (χ4v) is 3.18. The van der Waals surface area contributed by atoms with Crippen molar-refractivity contribution in [3.05, 3.63) is 48.5 Å². The topological polar surface area (TPSA) is 75.4 Å². The van der Waals surface area contributed by atoms with Gasteiger partial charge in [0.1, 0.15) is 0 Å². The summed E-state index contributed by atoms with van der Waals surface area (Å²) in [5, 5.41) is 8.81. The Labute approximate surface area is 140 Å². The lowest BCUT2D eigenvalue weighted by Gasteiger charge is -2.32. The zero-order valence-electron chi connectivity index (χ0n) is 13.5. The van der Waals surface area contributed by atoms with Crippen molar-refractivity contribution >= 4 is 11.9 Å². The first-order valence-electron chi connectivity index (χ1n) is 8.23. The number of piperidine rings is 1. The minimum atomic E-state index is -0.770. The molecule has 3 rings (SSSR count). The predicted molar refractivity (Wildman–Crippen MR) is 89.1 cm³/mol. The van der Waals surface area contributed by atoms with E-state index in [0.717, 1.165) is 25.1 Å². The number of hydrogen-bond donors (Lipinski definition) is 1. The van der Waals surface area contributed by atoms with E-state index in [1.165, 1.54) is 0 Å². The average Bonchev–Trinajstić information content (AvgIpc) is 3.14. The van der Waals surface area contributed by atoms with Gasteiger partial charge in [-0.2, -0.15) is 0 Å². The number of rotatable bonds is 5. The van der Waals surface area contributed by atoms with Crippen molar-refractivity contribution < 1.29 is 14.7 Å². The van der Waals surface area contributed by atoms with Gasteiger partial charge in [0, 0.05) is 43.2 Å². The van der Waals surface area contributed by atoms with E-state index in [1.807, 2.05) is 39.9 Å². The molecular weight excluding hydrogens is 306 g/mol. The average molecular weight is 327 g/mol. The van der Waals surface area contributed by atoms with E-state index in [1.54, 1.807) is 12.5 Å². The minimum Gasteiger partial charge on any atom is -0.481 e. The third-order valence-electron chi connectivity index (χ3n) is 4.49.